The van der Waals surface area contributed by atoms with Gasteiger partial charge in [0.25, 0.3) is 6.43 Å². The van der Waals surface area contributed by atoms with E-state index in [9.17, 15) is 18.0 Å². The fourth-order valence-electron chi connectivity index (χ4n) is 0.898. The second-order valence-electron chi connectivity index (χ2n) is 2.49. The Labute approximate surface area is 87.8 Å². The van der Waals surface area contributed by atoms with Gasteiger partial charge in [0.2, 0.25) is 5.95 Å². The zero-order valence-corrected chi connectivity index (χ0v) is 8.19. The molecule has 0 aliphatic rings. The molecule has 1 aromatic rings. The Balaban J connectivity index is 3.25. The number of carbonyl (C=O) groups excluding carboxylic acids is 1. The van der Waals surface area contributed by atoms with Crippen LogP contribution in [0.3, 0.4) is 0 Å². The first-order valence-corrected chi connectivity index (χ1v) is 4.07. The Bertz CT molecular complexity index is 374. The molecular weight excluding hydrogens is 235 g/mol. The molecule has 0 fully saturated rings. The maximum atomic E-state index is 13.0. The van der Waals surface area contributed by atoms with Crippen LogP contribution in [0.25, 0.3) is 0 Å². The van der Waals surface area contributed by atoms with Crippen LogP contribution in [0, 0.1) is 5.95 Å². The molecule has 1 aromatic heterocycles. The molecule has 3 nitrogen and oxygen atoms in total. The highest BCUT2D eigenvalue weighted by Gasteiger charge is 2.22. The van der Waals surface area contributed by atoms with Crippen LogP contribution in [0.2, 0.25) is 5.02 Å². The molecule has 0 radical (unpaired) electrons. The van der Waals surface area contributed by atoms with Crippen molar-refractivity contribution in [3.05, 3.63) is 28.3 Å². The highest BCUT2D eigenvalue weighted by molar-refractivity contribution is 6.31. The number of rotatable bonds is 2. The molecule has 0 amide bonds. The fraction of sp³-hybridized carbons (Fsp3) is 0.250. The molecule has 0 aliphatic heterocycles. The van der Waals surface area contributed by atoms with E-state index >= 15 is 0 Å². The van der Waals surface area contributed by atoms with Crippen LogP contribution in [0.1, 0.15) is 22.5 Å². The van der Waals surface area contributed by atoms with Crippen molar-refractivity contribution in [1.29, 1.82) is 0 Å². The van der Waals surface area contributed by atoms with E-state index in [-0.39, 0.29) is 0 Å². The summed E-state index contributed by atoms with van der Waals surface area (Å²) in [5.41, 5.74) is -1.48. The molecule has 0 unspecified atom stereocenters. The second kappa shape index (κ2) is 4.48. The summed E-state index contributed by atoms with van der Waals surface area (Å²) in [6.07, 6.45) is -3.09. The Morgan fingerprint density at radius 3 is 2.60 bits per heavy atom. The van der Waals surface area contributed by atoms with Crippen molar-refractivity contribution in [1.82, 2.24) is 4.98 Å². The topological polar surface area (TPSA) is 39.2 Å². The number of nitrogens with zero attached hydrogens (tertiary/aromatic N) is 1. The lowest BCUT2D eigenvalue weighted by Crippen LogP contribution is -2.08. The summed E-state index contributed by atoms with van der Waals surface area (Å²) in [5, 5.41) is -0.557. The van der Waals surface area contributed by atoms with Gasteiger partial charge in [-0.1, -0.05) is 11.6 Å². The third-order valence-electron chi connectivity index (χ3n) is 1.57. The molecule has 15 heavy (non-hydrogen) atoms. The maximum Gasteiger partial charge on any atom is 0.356 e. The molecule has 0 spiro atoms. The maximum absolute atomic E-state index is 13.0. The van der Waals surface area contributed by atoms with Gasteiger partial charge in [-0.15, -0.1) is 0 Å². The smallest absolute Gasteiger partial charge is 0.356 e. The Morgan fingerprint density at radius 1 is 1.60 bits per heavy atom. The molecule has 0 saturated carbocycles. The first kappa shape index (κ1) is 11.8. The van der Waals surface area contributed by atoms with Gasteiger partial charge < -0.3 is 4.74 Å². The van der Waals surface area contributed by atoms with Gasteiger partial charge in [0, 0.05) is 0 Å². The molecule has 0 aromatic carbocycles. The largest absolute Gasteiger partial charge is 0.464 e. The monoisotopic (exact) mass is 239 g/mol. The summed E-state index contributed by atoms with van der Waals surface area (Å²) < 4.78 is 41.7. The molecule has 0 N–H and O–H groups in total. The molecule has 1 rings (SSSR count). The van der Waals surface area contributed by atoms with E-state index < -0.39 is 34.6 Å². The first-order valence-electron chi connectivity index (χ1n) is 3.69. The number of hydrogen-bond donors (Lipinski definition) is 0. The van der Waals surface area contributed by atoms with Gasteiger partial charge in [0.1, 0.15) is 0 Å². The van der Waals surface area contributed by atoms with Crippen molar-refractivity contribution in [3.8, 4) is 0 Å². The fourth-order valence-corrected chi connectivity index (χ4v) is 1.16. The molecule has 0 saturated heterocycles. The van der Waals surface area contributed by atoms with E-state index in [1.807, 2.05) is 0 Å². The SMILES string of the molecule is COC(=O)c1cc(Cl)c(C(F)F)c(F)n1. The third-order valence-corrected chi connectivity index (χ3v) is 1.89. The quantitative estimate of drug-likeness (QED) is 0.588. The van der Waals surface area contributed by atoms with E-state index in [4.69, 9.17) is 11.6 Å². The number of ether oxygens (including phenoxy) is 1. The van der Waals surface area contributed by atoms with Gasteiger partial charge in [0.05, 0.1) is 17.7 Å². The predicted octanol–water partition coefficient (Wildman–Crippen LogP) is 2.60. The number of aromatic nitrogens is 1. The molecule has 7 heteroatoms. The number of carbonyl (C=O) groups is 1. The zero-order chi connectivity index (χ0) is 11.6. The number of pyridine rings is 1. The van der Waals surface area contributed by atoms with E-state index in [0.717, 1.165) is 13.2 Å². The number of methoxy groups -OCH3 is 1. The van der Waals surface area contributed by atoms with Crippen LogP contribution in [-0.4, -0.2) is 18.1 Å². The minimum Gasteiger partial charge on any atom is -0.464 e. The van der Waals surface area contributed by atoms with Gasteiger partial charge in [-0.2, -0.15) is 4.39 Å². The van der Waals surface area contributed by atoms with Gasteiger partial charge in [-0.05, 0) is 6.07 Å². The van der Waals surface area contributed by atoms with Crippen LogP contribution in [0.15, 0.2) is 6.07 Å². The molecule has 0 aliphatic carbocycles. The highest BCUT2D eigenvalue weighted by atomic mass is 35.5. The normalized spacial score (nSPS) is 10.5. The van der Waals surface area contributed by atoms with Gasteiger partial charge in [-0.3, -0.25) is 0 Å². The minimum atomic E-state index is -3.09. The van der Waals surface area contributed by atoms with E-state index in [0.29, 0.717) is 0 Å². The predicted molar refractivity (Wildman–Crippen MR) is 45.5 cm³/mol. The van der Waals surface area contributed by atoms with Gasteiger partial charge >= 0.3 is 5.97 Å². The zero-order valence-electron chi connectivity index (χ0n) is 7.43. The lowest BCUT2D eigenvalue weighted by molar-refractivity contribution is 0.0591. The molecule has 0 bridgehead atoms. The van der Waals surface area contributed by atoms with Crippen molar-refractivity contribution in [2.75, 3.05) is 7.11 Å². The van der Waals surface area contributed by atoms with Crippen molar-refractivity contribution >= 4 is 17.6 Å². The summed E-state index contributed by atoms with van der Waals surface area (Å²) in [5.74, 6) is -2.42. The summed E-state index contributed by atoms with van der Waals surface area (Å²) >= 11 is 5.36. The first-order chi connectivity index (χ1) is 6.97. The van der Waals surface area contributed by atoms with Crippen molar-refractivity contribution in [2.45, 2.75) is 6.43 Å². The molecular formula is C8H5ClF3NO2. The summed E-state index contributed by atoms with van der Waals surface area (Å²) in [6.45, 7) is 0. The average Bonchev–Trinajstić information content (AvgIpc) is 2.14. The van der Waals surface area contributed by atoms with Crippen LogP contribution < -0.4 is 0 Å². The molecule has 82 valence electrons. The van der Waals surface area contributed by atoms with Crippen LogP contribution in [0.5, 0.6) is 0 Å². The summed E-state index contributed by atoms with van der Waals surface area (Å²) in [4.78, 5) is 13.9. The lowest BCUT2D eigenvalue weighted by atomic mass is 10.2. The van der Waals surface area contributed by atoms with Crippen molar-refractivity contribution in [3.63, 3.8) is 0 Å². The minimum absolute atomic E-state index is 0.454. The van der Waals surface area contributed by atoms with Crippen LogP contribution in [0.4, 0.5) is 13.2 Å². The molecule has 0 atom stereocenters. The van der Waals surface area contributed by atoms with E-state index in [1.165, 1.54) is 0 Å². The number of halogens is 4. The number of hydrogen-bond acceptors (Lipinski definition) is 3. The highest BCUT2D eigenvalue weighted by Crippen LogP contribution is 2.29. The Kier molecular flexibility index (Phi) is 3.52. The summed E-state index contributed by atoms with van der Waals surface area (Å²) in [7, 11) is 1.05. The Morgan fingerprint density at radius 2 is 2.20 bits per heavy atom. The van der Waals surface area contributed by atoms with E-state index in [2.05, 4.69) is 9.72 Å². The van der Waals surface area contributed by atoms with Crippen LogP contribution in [-0.2, 0) is 4.74 Å². The lowest BCUT2D eigenvalue weighted by Gasteiger charge is -2.05. The van der Waals surface area contributed by atoms with E-state index in [1.54, 1.807) is 0 Å². The Hall–Kier alpha value is -1.30. The molecule has 1 heterocycles. The number of esters is 1. The van der Waals surface area contributed by atoms with Crippen molar-refractivity contribution in [2.24, 2.45) is 0 Å². The number of alkyl halides is 2. The second-order valence-corrected chi connectivity index (χ2v) is 2.89. The third kappa shape index (κ3) is 2.38. The van der Waals surface area contributed by atoms with Crippen LogP contribution >= 0.6 is 11.6 Å². The van der Waals surface area contributed by atoms with Crippen molar-refractivity contribution < 1.29 is 22.7 Å². The van der Waals surface area contributed by atoms with Gasteiger partial charge in [-0.25, -0.2) is 18.6 Å². The van der Waals surface area contributed by atoms with Gasteiger partial charge in [0.15, 0.2) is 5.69 Å². The summed E-state index contributed by atoms with van der Waals surface area (Å²) in [6, 6.07) is 0.831. The average molecular weight is 240 g/mol. The standard InChI is InChI=1S/C8H5ClF3NO2/c1-15-8(14)4-2-3(9)5(6(10)11)7(12)13-4/h2,6H,1H3.